The average Bonchev–Trinajstić information content (AvgIpc) is 2.93. The number of aromatic nitrogens is 3. The second-order valence-corrected chi connectivity index (χ2v) is 7.36. The maximum Gasteiger partial charge on any atom is 0.433 e. The molecule has 3 aromatic rings. The van der Waals surface area contributed by atoms with Gasteiger partial charge in [-0.25, -0.2) is 9.78 Å². The smallest absolute Gasteiger partial charge is 0.401 e. The molecule has 26 heavy (non-hydrogen) atoms. The lowest BCUT2D eigenvalue weighted by Crippen LogP contribution is -2.28. The van der Waals surface area contributed by atoms with Crippen molar-refractivity contribution in [3.63, 3.8) is 0 Å². The largest absolute Gasteiger partial charge is 0.433 e. The van der Waals surface area contributed by atoms with Crippen molar-refractivity contribution in [2.24, 2.45) is 0 Å². The number of hydrogen-bond acceptors (Lipinski definition) is 4. The van der Waals surface area contributed by atoms with Gasteiger partial charge in [0.2, 0.25) is 0 Å². The minimum Gasteiger partial charge on any atom is -0.401 e. The van der Waals surface area contributed by atoms with Crippen LogP contribution in [0.4, 0.5) is 13.2 Å². The lowest BCUT2D eigenvalue weighted by atomic mass is 10.1. The van der Waals surface area contributed by atoms with Crippen LogP contribution in [0.2, 0.25) is 5.02 Å². The zero-order valence-corrected chi connectivity index (χ0v) is 15.2. The number of hydrogen-bond donors (Lipinski definition) is 0. The molecule has 5 nitrogen and oxygen atoms in total. The molecular formula is C17H15ClF3N3O2. The molecule has 0 fully saturated rings. The van der Waals surface area contributed by atoms with Crippen LogP contribution >= 0.6 is 11.6 Å². The van der Waals surface area contributed by atoms with Crippen molar-refractivity contribution in [1.29, 1.82) is 0 Å². The Morgan fingerprint density at radius 3 is 2.35 bits per heavy atom. The van der Waals surface area contributed by atoms with Crippen LogP contribution in [0.1, 0.15) is 32.0 Å². The van der Waals surface area contributed by atoms with Crippen LogP contribution in [0.25, 0.3) is 22.5 Å². The first kappa shape index (κ1) is 18.4. The Morgan fingerprint density at radius 2 is 1.81 bits per heavy atom. The van der Waals surface area contributed by atoms with Crippen molar-refractivity contribution in [1.82, 2.24) is 14.8 Å². The van der Waals surface area contributed by atoms with Crippen LogP contribution in [0, 0.1) is 6.92 Å². The third-order valence-corrected chi connectivity index (χ3v) is 3.96. The highest BCUT2D eigenvalue weighted by molar-refractivity contribution is 6.31. The summed E-state index contributed by atoms with van der Waals surface area (Å²) in [6.45, 7) is 6.47. The van der Waals surface area contributed by atoms with E-state index in [0.29, 0.717) is 16.1 Å². The first-order chi connectivity index (χ1) is 11.9. The van der Waals surface area contributed by atoms with Gasteiger partial charge in [-0.05, 0) is 45.4 Å². The van der Waals surface area contributed by atoms with Crippen molar-refractivity contribution < 1.29 is 17.6 Å². The molecule has 138 valence electrons. The predicted octanol–water partition coefficient (Wildman–Crippen LogP) is 4.79. The minimum atomic E-state index is -4.61. The van der Waals surface area contributed by atoms with Gasteiger partial charge in [0.25, 0.3) is 5.89 Å². The van der Waals surface area contributed by atoms with Gasteiger partial charge < -0.3 is 4.42 Å². The molecule has 1 aromatic carbocycles. The summed E-state index contributed by atoms with van der Waals surface area (Å²) in [5, 5.41) is 4.49. The van der Waals surface area contributed by atoms with E-state index >= 15 is 0 Å². The molecule has 2 heterocycles. The molecule has 2 aromatic heterocycles. The summed E-state index contributed by atoms with van der Waals surface area (Å²) in [5.41, 5.74) is -1.87. The number of rotatable bonds is 1. The molecule has 9 heteroatoms. The Balaban J connectivity index is 2.28. The van der Waals surface area contributed by atoms with Crippen molar-refractivity contribution >= 4 is 22.5 Å². The van der Waals surface area contributed by atoms with E-state index in [1.807, 2.05) is 0 Å². The van der Waals surface area contributed by atoms with E-state index in [1.54, 1.807) is 33.8 Å². The van der Waals surface area contributed by atoms with Gasteiger partial charge in [-0.1, -0.05) is 11.6 Å². The summed E-state index contributed by atoms with van der Waals surface area (Å²) in [7, 11) is 0. The molecule has 0 amide bonds. The van der Waals surface area contributed by atoms with Gasteiger partial charge in [-0.2, -0.15) is 18.3 Å². The van der Waals surface area contributed by atoms with Gasteiger partial charge >= 0.3 is 11.8 Å². The Kier molecular flexibility index (Phi) is 4.14. The molecule has 0 spiro atoms. The second-order valence-electron chi connectivity index (χ2n) is 6.92. The molecule has 0 bridgehead atoms. The highest BCUT2D eigenvalue weighted by Gasteiger charge is 2.39. The molecule has 0 aliphatic heterocycles. The van der Waals surface area contributed by atoms with Gasteiger partial charge in [-0.15, -0.1) is 0 Å². The number of aryl methyl sites for hydroxylation is 1. The minimum absolute atomic E-state index is 0.157. The quantitative estimate of drug-likeness (QED) is 0.604. The van der Waals surface area contributed by atoms with Crippen LogP contribution in [-0.2, 0) is 11.7 Å². The molecule has 0 radical (unpaired) electrons. The van der Waals surface area contributed by atoms with E-state index in [-0.39, 0.29) is 17.0 Å². The SMILES string of the molecule is Cc1cc(Cl)cc2c(=O)oc(-c3cc(C(F)(F)F)n(C(C)(C)C)n3)nc12. The summed E-state index contributed by atoms with van der Waals surface area (Å²) in [4.78, 5) is 16.4. The van der Waals surface area contributed by atoms with Crippen molar-refractivity contribution in [3.8, 4) is 11.6 Å². The van der Waals surface area contributed by atoms with E-state index in [2.05, 4.69) is 10.1 Å². The van der Waals surface area contributed by atoms with Crippen molar-refractivity contribution in [3.05, 3.63) is 44.9 Å². The highest BCUT2D eigenvalue weighted by atomic mass is 35.5. The summed E-state index contributed by atoms with van der Waals surface area (Å²) in [6.07, 6.45) is -4.61. The summed E-state index contributed by atoms with van der Waals surface area (Å²) in [5.74, 6) is -0.276. The number of fused-ring (bicyclic) bond motifs is 1. The monoisotopic (exact) mass is 385 g/mol. The number of benzene rings is 1. The molecule has 3 rings (SSSR count). The van der Waals surface area contributed by atoms with E-state index < -0.39 is 23.0 Å². The highest BCUT2D eigenvalue weighted by Crippen LogP contribution is 2.35. The Hall–Kier alpha value is -2.35. The van der Waals surface area contributed by atoms with Gasteiger partial charge in [0, 0.05) is 11.1 Å². The maximum atomic E-state index is 13.4. The van der Waals surface area contributed by atoms with Crippen LogP contribution in [-0.4, -0.2) is 14.8 Å². The summed E-state index contributed by atoms with van der Waals surface area (Å²) >= 11 is 5.93. The molecule has 0 saturated heterocycles. The third-order valence-electron chi connectivity index (χ3n) is 3.74. The molecule has 0 atom stereocenters. The van der Waals surface area contributed by atoms with Crippen LogP contribution in [0.3, 0.4) is 0 Å². The van der Waals surface area contributed by atoms with Gasteiger partial charge in [0.15, 0.2) is 0 Å². The number of alkyl halides is 3. The van der Waals surface area contributed by atoms with E-state index in [9.17, 15) is 18.0 Å². The first-order valence-electron chi connectivity index (χ1n) is 7.67. The van der Waals surface area contributed by atoms with E-state index in [1.165, 1.54) is 6.07 Å². The van der Waals surface area contributed by atoms with Crippen LogP contribution in [0.5, 0.6) is 0 Å². The van der Waals surface area contributed by atoms with Crippen LogP contribution in [0.15, 0.2) is 27.4 Å². The predicted molar refractivity (Wildman–Crippen MR) is 91.2 cm³/mol. The standard InChI is InChI=1S/C17H15ClF3N3O2/c1-8-5-9(18)6-10-13(8)22-14(26-15(10)25)11-7-12(17(19,20)21)24(23-11)16(2,3)4/h5-7H,1-4H3. The van der Waals surface area contributed by atoms with Gasteiger partial charge in [-0.3, -0.25) is 4.68 Å². The lowest BCUT2D eigenvalue weighted by molar-refractivity contribution is -0.146. The number of nitrogens with zero attached hydrogens (tertiary/aromatic N) is 3. The molecule has 0 saturated carbocycles. The van der Waals surface area contributed by atoms with Crippen molar-refractivity contribution in [2.45, 2.75) is 39.4 Å². The first-order valence-corrected chi connectivity index (χ1v) is 8.05. The molecule has 0 aliphatic carbocycles. The Morgan fingerprint density at radius 1 is 1.15 bits per heavy atom. The van der Waals surface area contributed by atoms with E-state index in [0.717, 1.165) is 10.7 Å². The van der Waals surface area contributed by atoms with Gasteiger partial charge in [0.1, 0.15) is 11.4 Å². The molecular weight excluding hydrogens is 371 g/mol. The number of halogens is 4. The molecule has 0 unspecified atom stereocenters. The molecule has 0 aliphatic rings. The fourth-order valence-electron chi connectivity index (χ4n) is 2.62. The Labute approximate surface area is 151 Å². The maximum absolute atomic E-state index is 13.4. The normalized spacial score (nSPS) is 12.8. The lowest BCUT2D eigenvalue weighted by Gasteiger charge is -2.23. The third kappa shape index (κ3) is 3.21. The zero-order chi connectivity index (χ0) is 19.4. The topological polar surface area (TPSA) is 60.9 Å². The fourth-order valence-corrected chi connectivity index (χ4v) is 2.89. The fraction of sp³-hybridized carbons (Fsp3) is 0.353. The summed E-state index contributed by atoms with van der Waals surface area (Å²) in [6, 6.07) is 3.84. The Bertz CT molecular complexity index is 1030. The zero-order valence-electron chi connectivity index (χ0n) is 14.4. The van der Waals surface area contributed by atoms with Crippen LogP contribution < -0.4 is 5.63 Å². The van der Waals surface area contributed by atoms with Crippen molar-refractivity contribution in [2.75, 3.05) is 0 Å². The average molecular weight is 386 g/mol. The van der Waals surface area contributed by atoms with Gasteiger partial charge in [0.05, 0.1) is 16.4 Å². The molecule has 0 N–H and O–H groups in total. The summed E-state index contributed by atoms with van der Waals surface area (Å²) < 4.78 is 46.0. The van der Waals surface area contributed by atoms with E-state index in [4.69, 9.17) is 16.0 Å². The second kappa shape index (κ2) is 5.84.